The fourth-order valence-electron chi connectivity index (χ4n) is 1.17. The smallest absolute Gasteiger partial charge is 0.315 e. The SMILES string of the molecule is CCNC(C)c1nnc(NCC(C)C)o1. The van der Waals surface area contributed by atoms with Crippen molar-refractivity contribution in [2.45, 2.75) is 33.7 Å². The zero-order valence-electron chi connectivity index (χ0n) is 9.87. The Bertz CT molecular complexity index is 285. The van der Waals surface area contributed by atoms with Crippen molar-refractivity contribution in [3.05, 3.63) is 5.89 Å². The molecule has 0 spiro atoms. The Balaban J connectivity index is 2.48. The number of hydrogen-bond acceptors (Lipinski definition) is 5. The normalized spacial score (nSPS) is 13.1. The first-order valence-corrected chi connectivity index (χ1v) is 5.44. The fourth-order valence-corrected chi connectivity index (χ4v) is 1.17. The van der Waals surface area contributed by atoms with Gasteiger partial charge in [0.1, 0.15) is 0 Å². The van der Waals surface area contributed by atoms with Crippen LogP contribution in [0.15, 0.2) is 4.42 Å². The van der Waals surface area contributed by atoms with E-state index in [9.17, 15) is 0 Å². The summed E-state index contributed by atoms with van der Waals surface area (Å²) in [6.07, 6.45) is 0. The monoisotopic (exact) mass is 212 g/mol. The predicted octanol–water partition coefficient (Wildman–Crippen LogP) is 1.81. The van der Waals surface area contributed by atoms with Gasteiger partial charge in [-0.1, -0.05) is 25.9 Å². The number of aromatic nitrogens is 2. The lowest BCUT2D eigenvalue weighted by Gasteiger charge is -2.06. The molecule has 0 radical (unpaired) electrons. The average molecular weight is 212 g/mol. The van der Waals surface area contributed by atoms with Gasteiger partial charge in [0.15, 0.2) is 0 Å². The lowest BCUT2D eigenvalue weighted by molar-refractivity contribution is 0.427. The number of anilines is 1. The van der Waals surface area contributed by atoms with Crippen molar-refractivity contribution in [3.8, 4) is 0 Å². The van der Waals surface area contributed by atoms with Crippen molar-refractivity contribution in [1.82, 2.24) is 15.5 Å². The second-order valence-electron chi connectivity index (χ2n) is 4.00. The summed E-state index contributed by atoms with van der Waals surface area (Å²) in [5, 5.41) is 14.2. The van der Waals surface area contributed by atoms with Crippen molar-refractivity contribution in [1.29, 1.82) is 0 Å². The van der Waals surface area contributed by atoms with Crippen LogP contribution in [0, 0.1) is 5.92 Å². The van der Waals surface area contributed by atoms with Crippen LogP contribution in [-0.2, 0) is 0 Å². The minimum atomic E-state index is 0.108. The van der Waals surface area contributed by atoms with E-state index in [0.29, 0.717) is 17.8 Å². The molecule has 1 atom stereocenters. The summed E-state index contributed by atoms with van der Waals surface area (Å²) >= 11 is 0. The molecule has 5 nitrogen and oxygen atoms in total. The van der Waals surface area contributed by atoms with Gasteiger partial charge in [0.2, 0.25) is 5.89 Å². The van der Waals surface area contributed by atoms with Crippen LogP contribution in [0.1, 0.15) is 39.6 Å². The van der Waals surface area contributed by atoms with Crippen molar-refractivity contribution < 1.29 is 4.42 Å². The highest BCUT2D eigenvalue weighted by Crippen LogP contribution is 2.13. The summed E-state index contributed by atoms with van der Waals surface area (Å²) in [4.78, 5) is 0. The molecule has 0 aliphatic rings. The molecule has 0 bridgehead atoms. The van der Waals surface area contributed by atoms with Gasteiger partial charge in [-0.05, 0) is 19.4 Å². The van der Waals surface area contributed by atoms with Gasteiger partial charge in [-0.3, -0.25) is 0 Å². The van der Waals surface area contributed by atoms with Crippen LogP contribution in [0.5, 0.6) is 0 Å². The molecule has 1 aromatic rings. The summed E-state index contributed by atoms with van der Waals surface area (Å²) in [5.41, 5.74) is 0. The van der Waals surface area contributed by atoms with E-state index in [1.807, 2.05) is 13.8 Å². The summed E-state index contributed by atoms with van der Waals surface area (Å²) in [6, 6.07) is 0.612. The molecule has 0 fully saturated rings. The van der Waals surface area contributed by atoms with Crippen LogP contribution in [0.2, 0.25) is 0 Å². The standard InChI is InChI=1S/C10H20N4O/c1-5-11-8(4)9-13-14-10(15-9)12-6-7(2)3/h7-8,11H,5-6H2,1-4H3,(H,12,14). The molecule has 1 unspecified atom stereocenters. The van der Waals surface area contributed by atoms with Gasteiger partial charge in [-0.25, -0.2) is 0 Å². The third-order valence-electron chi connectivity index (χ3n) is 1.98. The number of rotatable bonds is 6. The van der Waals surface area contributed by atoms with Crippen molar-refractivity contribution >= 4 is 6.01 Å². The second-order valence-corrected chi connectivity index (χ2v) is 4.00. The van der Waals surface area contributed by atoms with Gasteiger partial charge in [0.25, 0.3) is 0 Å². The highest BCUT2D eigenvalue weighted by atomic mass is 16.4. The van der Waals surface area contributed by atoms with Crippen LogP contribution in [0.25, 0.3) is 0 Å². The minimum absolute atomic E-state index is 0.108. The van der Waals surface area contributed by atoms with E-state index in [2.05, 4.69) is 34.7 Å². The largest absolute Gasteiger partial charge is 0.406 e. The van der Waals surface area contributed by atoms with E-state index in [0.717, 1.165) is 13.1 Å². The molecule has 5 heteroatoms. The summed E-state index contributed by atoms with van der Waals surface area (Å²) in [6.45, 7) is 10.0. The highest BCUT2D eigenvalue weighted by Gasteiger charge is 2.12. The van der Waals surface area contributed by atoms with E-state index < -0.39 is 0 Å². The van der Waals surface area contributed by atoms with Gasteiger partial charge in [0, 0.05) is 6.54 Å². The molecule has 1 aromatic heterocycles. The maximum atomic E-state index is 5.45. The average Bonchev–Trinajstić information content (AvgIpc) is 2.63. The van der Waals surface area contributed by atoms with Gasteiger partial charge in [-0.15, -0.1) is 5.10 Å². The Morgan fingerprint density at radius 3 is 2.60 bits per heavy atom. The Labute approximate surface area is 90.7 Å². The Kier molecular flexibility index (Phi) is 4.55. The molecule has 0 aromatic carbocycles. The maximum Gasteiger partial charge on any atom is 0.315 e. The molecule has 1 rings (SSSR count). The first kappa shape index (κ1) is 12.0. The summed E-state index contributed by atoms with van der Waals surface area (Å²) in [7, 11) is 0. The van der Waals surface area contributed by atoms with Gasteiger partial charge < -0.3 is 15.1 Å². The zero-order valence-corrected chi connectivity index (χ0v) is 9.87. The molecule has 0 saturated heterocycles. The number of hydrogen-bond donors (Lipinski definition) is 2. The van der Waals surface area contributed by atoms with Gasteiger partial charge in [0.05, 0.1) is 6.04 Å². The molecule has 0 amide bonds. The molecule has 0 saturated carbocycles. The van der Waals surface area contributed by atoms with E-state index >= 15 is 0 Å². The molecule has 86 valence electrons. The number of nitrogens with zero attached hydrogens (tertiary/aromatic N) is 2. The Morgan fingerprint density at radius 1 is 1.27 bits per heavy atom. The van der Waals surface area contributed by atoms with Crippen LogP contribution in [0.4, 0.5) is 6.01 Å². The maximum absolute atomic E-state index is 5.45. The van der Waals surface area contributed by atoms with E-state index in [-0.39, 0.29) is 6.04 Å². The summed E-state index contributed by atoms with van der Waals surface area (Å²) < 4.78 is 5.45. The quantitative estimate of drug-likeness (QED) is 0.753. The first-order valence-electron chi connectivity index (χ1n) is 5.44. The van der Waals surface area contributed by atoms with Crippen LogP contribution in [-0.4, -0.2) is 23.3 Å². The Morgan fingerprint density at radius 2 is 2.00 bits per heavy atom. The van der Waals surface area contributed by atoms with Gasteiger partial charge in [-0.2, -0.15) is 0 Å². The van der Waals surface area contributed by atoms with E-state index in [4.69, 9.17) is 4.42 Å². The lowest BCUT2D eigenvalue weighted by Crippen LogP contribution is -2.17. The highest BCUT2D eigenvalue weighted by molar-refractivity contribution is 5.17. The van der Waals surface area contributed by atoms with Crippen LogP contribution >= 0.6 is 0 Å². The second kappa shape index (κ2) is 5.70. The van der Waals surface area contributed by atoms with Crippen molar-refractivity contribution in [2.75, 3.05) is 18.4 Å². The molecule has 2 N–H and O–H groups in total. The van der Waals surface area contributed by atoms with Crippen LogP contribution < -0.4 is 10.6 Å². The number of nitrogens with one attached hydrogen (secondary N) is 2. The lowest BCUT2D eigenvalue weighted by atomic mass is 10.2. The third kappa shape index (κ3) is 3.87. The van der Waals surface area contributed by atoms with Crippen LogP contribution in [0.3, 0.4) is 0 Å². The zero-order chi connectivity index (χ0) is 11.3. The fraction of sp³-hybridized carbons (Fsp3) is 0.800. The van der Waals surface area contributed by atoms with E-state index in [1.165, 1.54) is 0 Å². The third-order valence-corrected chi connectivity index (χ3v) is 1.98. The summed E-state index contributed by atoms with van der Waals surface area (Å²) in [5.74, 6) is 1.19. The Hall–Kier alpha value is -1.10. The molecule has 1 heterocycles. The van der Waals surface area contributed by atoms with Gasteiger partial charge >= 0.3 is 6.01 Å². The molecular weight excluding hydrogens is 192 g/mol. The topological polar surface area (TPSA) is 63.0 Å². The van der Waals surface area contributed by atoms with Crippen molar-refractivity contribution in [3.63, 3.8) is 0 Å². The first-order chi connectivity index (χ1) is 7.13. The predicted molar refractivity (Wildman–Crippen MR) is 59.7 cm³/mol. The van der Waals surface area contributed by atoms with E-state index in [1.54, 1.807) is 0 Å². The van der Waals surface area contributed by atoms with Crippen molar-refractivity contribution in [2.24, 2.45) is 5.92 Å². The molecule has 15 heavy (non-hydrogen) atoms. The molecule has 0 aliphatic carbocycles. The molecular formula is C10H20N4O. The molecule has 0 aliphatic heterocycles. The minimum Gasteiger partial charge on any atom is -0.406 e.